The lowest BCUT2D eigenvalue weighted by atomic mass is 9.73. The maximum Gasteiger partial charge on any atom is 0.264 e. The van der Waals surface area contributed by atoms with Crippen molar-refractivity contribution in [3.8, 4) is 11.1 Å². The van der Waals surface area contributed by atoms with Gasteiger partial charge in [0.2, 0.25) is 5.95 Å². The fourth-order valence-electron chi connectivity index (χ4n) is 4.82. The topological polar surface area (TPSA) is 99.4 Å². The van der Waals surface area contributed by atoms with Crippen molar-refractivity contribution in [3.05, 3.63) is 40.2 Å². The molecule has 7 heteroatoms. The standard InChI is InChI=1S/C23H33N5O2/c1-14(2)16-5-7-17(8-6-16)18-20(25)26-22(27(4)21(18)29)28-11-9-23(10-12-28)13-30-15(3)19(23)24/h5-8,14-15,19H,9-13,24-25H2,1-4H3/t15-,19+/m0/s1. The van der Waals surface area contributed by atoms with Gasteiger partial charge in [-0.3, -0.25) is 9.36 Å². The number of aromatic nitrogens is 2. The third kappa shape index (κ3) is 3.40. The molecule has 2 aliphatic heterocycles. The van der Waals surface area contributed by atoms with Gasteiger partial charge in [-0.2, -0.15) is 4.98 Å². The largest absolute Gasteiger partial charge is 0.383 e. The Hall–Kier alpha value is -2.38. The first-order valence-corrected chi connectivity index (χ1v) is 10.8. The molecule has 1 aromatic carbocycles. The van der Waals surface area contributed by atoms with Gasteiger partial charge in [-0.1, -0.05) is 38.1 Å². The molecule has 0 unspecified atom stereocenters. The SMILES string of the molecule is CC(C)c1ccc(-c2c(N)nc(N3CCC4(CC3)CO[C@@H](C)[C@H]4N)n(C)c2=O)cc1. The summed E-state index contributed by atoms with van der Waals surface area (Å²) in [6, 6.07) is 8.06. The quantitative estimate of drug-likeness (QED) is 0.805. The molecule has 2 fully saturated rings. The van der Waals surface area contributed by atoms with Crippen molar-refractivity contribution < 1.29 is 4.74 Å². The first-order chi connectivity index (χ1) is 14.2. The van der Waals surface area contributed by atoms with E-state index >= 15 is 0 Å². The second kappa shape index (κ2) is 7.71. The maximum atomic E-state index is 13.2. The molecule has 2 aliphatic rings. The van der Waals surface area contributed by atoms with Gasteiger partial charge in [0.1, 0.15) is 5.82 Å². The van der Waals surface area contributed by atoms with Crippen LogP contribution in [0, 0.1) is 5.41 Å². The summed E-state index contributed by atoms with van der Waals surface area (Å²) in [7, 11) is 1.77. The van der Waals surface area contributed by atoms with Gasteiger partial charge in [0.15, 0.2) is 0 Å². The van der Waals surface area contributed by atoms with Gasteiger partial charge in [-0.05, 0) is 36.8 Å². The lowest BCUT2D eigenvalue weighted by Crippen LogP contribution is -2.51. The Morgan fingerprint density at radius 1 is 1.20 bits per heavy atom. The van der Waals surface area contributed by atoms with Crippen LogP contribution >= 0.6 is 0 Å². The van der Waals surface area contributed by atoms with Crippen LogP contribution in [0.15, 0.2) is 29.1 Å². The number of hydrogen-bond donors (Lipinski definition) is 2. The van der Waals surface area contributed by atoms with Gasteiger partial charge in [0, 0.05) is 31.6 Å². The van der Waals surface area contributed by atoms with Gasteiger partial charge in [0.05, 0.1) is 18.3 Å². The Kier molecular flexibility index (Phi) is 5.36. The molecular weight excluding hydrogens is 378 g/mol. The van der Waals surface area contributed by atoms with E-state index in [9.17, 15) is 4.79 Å². The highest BCUT2D eigenvalue weighted by atomic mass is 16.5. The molecule has 2 atom stereocenters. The summed E-state index contributed by atoms with van der Waals surface area (Å²) < 4.78 is 7.43. The number of ether oxygens (including phenoxy) is 1. The Bertz CT molecular complexity index is 974. The number of nitrogen functional groups attached to an aromatic ring is 1. The van der Waals surface area contributed by atoms with Gasteiger partial charge >= 0.3 is 0 Å². The van der Waals surface area contributed by atoms with Crippen molar-refractivity contribution in [2.45, 2.75) is 51.7 Å². The van der Waals surface area contributed by atoms with E-state index in [0.717, 1.165) is 31.5 Å². The minimum atomic E-state index is -0.121. The van der Waals surface area contributed by atoms with Crippen molar-refractivity contribution in [3.63, 3.8) is 0 Å². The lowest BCUT2D eigenvalue weighted by Gasteiger charge is -2.41. The third-order valence-corrected chi connectivity index (χ3v) is 7.05. The summed E-state index contributed by atoms with van der Waals surface area (Å²) >= 11 is 0. The van der Waals surface area contributed by atoms with Gasteiger partial charge in [-0.15, -0.1) is 0 Å². The Labute approximate surface area is 178 Å². The monoisotopic (exact) mass is 411 g/mol. The molecule has 162 valence electrons. The molecule has 3 heterocycles. The average molecular weight is 412 g/mol. The molecule has 7 nitrogen and oxygen atoms in total. The number of rotatable bonds is 3. The molecule has 0 radical (unpaired) electrons. The molecule has 4 N–H and O–H groups in total. The zero-order valence-corrected chi connectivity index (χ0v) is 18.4. The van der Waals surface area contributed by atoms with E-state index in [2.05, 4.69) is 23.7 Å². The van der Waals surface area contributed by atoms with Crippen LogP contribution in [-0.2, 0) is 11.8 Å². The minimum absolute atomic E-state index is 0.0262. The predicted octanol–water partition coefficient (Wildman–Crippen LogP) is 2.49. The van der Waals surface area contributed by atoms with Crippen LogP contribution in [0.1, 0.15) is 45.1 Å². The number of benzene rings is 1. The molecule has 4 rings (SSSR count). The fraction of sp³-hybridized carbons (Fsp3) is 0.565. The molecule has 0 aliphatic carbocycles. The summed E-state index contributed by atoms with van der Waals surface area (Å²) in [4.78, 5) is 20.0. The molecule has 30 heavy (non-hydrogen) atoms. The number of hydrogen-bond acceptors (Lipinski definition) is 6. The molecule has 0 amide bonds. The van der Waals surface area contributed by atoms with Crippen LogP contribution in [0.5, 0.6) is 0 Å². The number of nitrogens with zero attached hydrogens (tertiary/aromatic N) is 3. The van der Waals surface area contributed by atoms with E-state index in [1.54, 1.807) is 11.6 Å². The first-order valence-electron chi connectivity index (χ1n) is 10.8. The minimum Gasteiger partial charge on any atom is -0.383 e. The van der Waals surface area contributed by atoms with Crippen molar-refractivity contribution in [1.29, 1.82) is 0 Å². The predicted molar refractivity (Wildman–Crippen MR) is 121 cm³/mol. The summed E-state index contributed by atoms with van der Waals surface area (Å²) in [5, 5.41) is 0. The molecule has 0 bridgehead atoms. The molecule has 2 saturated heterocycles. The van der Waals surface area contributed by atoms with Crippen LogP contribution < -0.4 is 21.9 Å². The molecule has 1 aromatic heterocycles. The van der Waals surface area contributed by atoms with Crippen molar-refractivity contribution in [2.75, 3.05) is 30.3 Å². The van der Waals surface area contributed by atoms with Crippen molar-refractivity contribution in [1.82, 2.24) is 9.55 Å². The van der Waals surface area contributed by atoms with Crippen LogP contribution in [-0.4, -0.2) is 41.4 Å². The third-order valence-electron chi connectivity index (χ3n) is 7.05. The summed E-state index contributed by atoms with van der Waals surface area (Å²) in [6.45, 7) is 8.62. The van der Waals surface area contributed by atoms with E-state index in [1.807, 2.05) is 31.2 Å². The van der Waals surface area contributed by atoms with Crippen LogP contribution in [0.2, 0.25) is 0 Å². The fourth-order valence-corrected chi connectivity index (χ4v) is 4.82. The smallest absolute Gasteiger partial charge is 0.264 e. The van der Waals surface area contributed by atoms with Gasteiger partial charge in [-0.25, -0.2) is 0 Å². The highest BCUT2D eigenvalue weighted by Gasteiger charge is 2.47. The number of anilines is 2. The van der Waals surface area contributed by atoms with Gasteiger partial charge < -0.3 is 21.1 Å². The first kappa shape index (κ1) is 20.9. The Morgan fingerprint density at radius 3 is 2.37 bits per heavy atom. The second-order valence-corrected chi connectivity index (χ2v) is 9.20. The summed E-state index contributed by atoms with van der Waals surface area (Å²) in [6.07, 6.45) is 1.94. The number of nitrogens with two attached hydrogens (primary N) is 2. The molecular formula is C23H33N5O2. The zero-order valence-electron chi connectivity index (χ0n) is 18.4. The zero-order chi connectivity index (χ0) is 21.6. The van der Waals surface area contributed by atoms with E-state index in [1.165, 1.54) is 5.56 Å². The summed E-state index contributed by atoms with van der Waals surface area (Å²) in [5.41, 5.74) is 15.1. The summed E-state index contributed by atoms with van der Waals surface area (Å²) in [5.74, 6) is 1.33. The normalized spacial score (nSPS) is 23.5. The second-order valence-electron chi connectivity index (χ2n) is 9.20. The van der Waals surface area contributed by atoms with E-state index in [-0.39, 0.29) is 28.9 Å². The van der Waals surface area contributed by atoms with Crippen molar-refractivity contribution in [2.24, 2.45) is 18.2 Å². The van der Waals surface area contributed by atoms with Crippen LogP contribution in [0.3, 0.4) is 0 Å². The maximum absolute atomic E-state index is 13.2. The number of piperidine rings is 1. The van der Waals surface area contributed by atoms with E-state index in [4.69, 9.17) is 16.2 Å². The van der Waals surface area contributed by atoms with E-state index < -0.39 is 0 Å². The molecule has 0 saturated carbocycles. The van der Waals surface area contributed by atoms with Gasteiger partial charge in [0.25, 0.3) is 5.56 Å². The molecule has 1 spiro atoms. The lowest BCUT2D eigenvalue weighted by molar-refractivity contribution is 0.0973. The van der Waals surface area contributed by atoms with Crippen LogP contribution in [0.4, 0.5) is 11.8 Å². The van der Waals surface area contributed by atoms with Crippen LogP contribution in [0.25, 0.3) is 11.1 Å². The highest BCUT2D eigenvalue weighted by molar-refractivity contribution is 5.74. The van der Waals surface area contributed by atoms with Crippen molar-refractivity contribution >= 4 is 11.8 Å². The highest BCUT2D eigenvalue weighted by Crippen LogP contribution is 2.41. The molecule has 2 aromatic rings. The Balaban J connectivity index is 1.60. The average Bonchev–Trinajstić information content (AvgIpc) is 3.00. The van der Waals surface area contributed by atoms with E-state index in [0.29, 0.717) is 24.0 Å². The Morgan fingerprint density at radius 2 is 1.83 bits per heavy atom.